The summed E-state index contributed by atoms with van der Waals surface area (Å²) in [5.41, 5.74) is 7.38. The van der Waals surface area contributed by atoms with E-state index in [0.717, 1.165) is 45.2 Å². The maximum Gasteiger partial charge on any atom is 0.210 e. The van der Waals surface area contributed by atoms with Crippen molar-refractivity contribution < 1.29 is 17.5 Å². The van der Waals surface area contributed by atoms with Crippen LogP contribution in [0.5, 0.6) is 0 Å². The van der Waals surface area contributed by atoms with Crippen LogP contribution in [0.3, 0.4) is 0 Å². The van der Waals surface area contributed by atoms with Crippen LogP contribution in [-0.2, 0) is 26.4 Å². The van der Waals surface area contributed by atoms with Crippen LogP contribution in [0.4, 0.5) is 11.4 Å². The Morgan fingerprint density at radius 3 is 2.24 bits per heavy atom. The van der Waals surface area contributed by atoms with E-state index in [2.05, 4.69) is 146 Å². The monoisotopic (exact) mass is 684 g/mol. The van der Waals surface area contributed by atoms with Gasteiger partial charge in [0.05, 0.1) is 23.4 Å². The molecule has 2 heterocycles. The van der Waals surface area contributed by atoms with Gasteiger partial charge in [0, 0.05) is 53.9 Å². The van der Waals surface area contributed by atoms with Gasteiger partial charge in [-0.05, 0) is 84.8 Å². The topological polar surface area (TPSA) is 55.6 Å². The van der Waals surface area contributed by atoms with E-state index < -0.39 is 11.4 Å². The molecule has 6 heteroatoms. The zero-order valence-corrected chi connectivity index (χ0v) is 30.6. The number of hydrogen-bond acceptors (Lipinski definition) is 4. The first-order chi connectivity index (χ1) is 24.2. The van der Waals surface area contributed by atoms with Gasteiger partial charge in [-0.25, -0.2) is 4.21 Å². The van der Waals surface area contributed by atoms with Crippen LogP contribution in [0.15, 0.2) is 109 Å². The molecule has 50 heavy (non-hydrogen) atoms. The van der Waals surface area contributed by atoms with Crippen molar-refractivity contribution in [1.82, 2.24) is 0 Å². The van der Waals surface area contributed by atoms with Crippen LogP contribution < -0.4 is 4.90 Å². The van der Waals surface area contributed by atoms with Gasteiger partial charge in [-0.1, -0.05) is 86.7 Å². The van der Waals surface area contributed by atoms with Gasteiger partial charge < -0.3 is 13.6 Å². The molecule has 0 radical (unpaired) electrons. The van der Waals surface area contributed by atoms with Gasteiger partial charge in [0.25, 0.3) is 0 Å². The highest BCUT2D eigenvalue weighted by molar-refractivity contribution is 7.74. The molecule has 0 saturated heterocycles. The first-order valence-corrected chi connectivity index (χ1v) is 18.8. The summed E-state index contributed by atoms with van der Waals surface area (Å²) in [6.07, 6.45) is 22.1. The fraction of sp³-hybridized carbons (Fsp3) is 0.341. The third kappa shape index (κ3) is 7.01. The molecule has 0 saturated carbocycles. The molecular weight excluding hydrogens is 637 g/mol. The van der Waals surface area contributed by atoms with E-state index in [4.69, 9.17) is 10.6 Å². The zero-order valence-electron chi connectivity index (χ0n) is 29.8. The minimum absolute atomic E-state index is 0.160. The number of rotatable bonds is 14. The Hall–Kier alpha value is -4.28. The third-order valence-electron chi connectivity index (χ3n) is 10.4. The quantitative estimate of drug-likeness (QED) is 0.0436. The minimum Gasteiger partial charge on any atom is -0.750 e. The minimum atomic E-state index is -2.48. The first-order valence-electron chi connectivity index (χ1n) is 17.8. The molecule has 4 aromatic rings. The lowest BCUT2D eigenvalue weighted by Crippen LogP contribution is -2.28. The highest BCUT2D eigenvalue weighted by Crippen LogP contribution is 2.51. The smallest absolute Gasteiger partial charge is 0.210 e. The molecule has 0 amide bonds. The summed E-state index contributed by atoms with van der Waals surface area (Å²) in [6, 6.07) is 26.3. The van der Waals surface area contributed by atoms with Crippen LogP contribution in [0.25, 0.3) is 21.5 Å². The van der Waals surface area contributed by atoms with Crippen molar-refractivity contribution >= 4 is 50.0 Å². The van der Waals surface area contributed by atoms with Crippen molar-refractivity contribution in [2.45, 2.75) is 77.0 Å². The summed E-state index contributed by atoms with van der Waals surface area (Å²) in [5.74, 6) is 2.78. The average molecular weight is 685 g/mol. The Labute approximate surface area is 300 Å². The van der Waals surface area contributed by atoms with Gasteiger partial charge >= 0.3 is 0 Å². The molecule has 0 spiro atoms. The second kappa shape index (κ2) is 15.3. The number of nitrogens with zero attached hydrogens (tertiary/aromatic N) is 2. The van der Waals surface area contributed by atoms with E-state index >= 15 is 0 Å². The molecular formula is C44H48N2O3S. The van der Waals surface area contributed by atoms with Gasteiger partial charge in [-0.2, -0.15) is 4.58 Å². The molecule has 0 bridgehead atoms. The van der Waals surface area contributed by atoms with Crippen molar-refractivity contribution in [2.24, 2.45) is 0 Å². The Balaban J connectivity index is 1.30. The molecule has 0 aliphatic carbocycles. The second-order valence-corrected chi connectivity index (χ2v) is 15.0. The molecule has 1 unspecified atom stereocenters. The summed E-state index contributed by atoms with van der Waals surface area (Å²) in [7, 11) is 0. The Morgan fingerprint density at radius 1 is 0.820 bits per heavy atom. The normalized spacial score (nSPS) is 17.8. The van der Waals surface area contributed by atoms with Crippen molar-refractivity contribution in [3.05, 3.63) is 120 Å². The fourth-order valence-electron chi connectivity index (χ4n) is 8.08. The number of hydrogen-bond donors (Lipinski definition) is 0. The van der Waals surface area contributed by atoms with Gasteiger partial charge in [0.2, 0.25) is 5.69 Å². The standard InChI is InChI=1S/C44H48N2O3S/c1-6-7-8-9-17-30-45-37-28-26-33-20-13-15-22-35(33)41(37)43(2,3)39(45)24-11-10-12-25-40-44(4,5)42-36-23-16-14-21-34(36)27-29-38(42)46(40)31-18-19-32-49-50(47)48/h1,10-16,20-29H,7-9,17-19,30-32H2,2-5H3. The highest BCUT2D eigenvalue weighted by Gasteiger charge is 2.45. The van der Waals surface area contributed by atoms with Crippen molar-refractivity contribution in [1.29, 1.82) is 0 Å². The van der Waals surface area contributed by atoms with Crippen molar-refractivity contribution in [2.75, 3.05) is 24.6 Å². The van der Waals surface area contributed by atoms with Gasteiger partial charge in [0.1, 0.15) is 6.54 Å². The lowest BCUT2D eigenvalue weighted by atomic mass is 9.79. The summed E-state index contributed by atoms with van der Waals surface area (Å²) in [6.45, 7) is 11.2. The van der Waals surface area contributed by atoms with E-state index in [1.54, 1.807) is 0 Å². The van der Waals surface area contributed by atoms with Crippen LogP contribution in [0, 0.1) is 12.3 Å². The summed E-state index contributed by atoms with van der Waals surface area (Å²) in [5, 5.41) is 5.09. The fourth-order valence-corrected chi connectivity index (χ4v) is 8.34. The predicted octanol–water partition coefficient (Wildman–Crippen LogP) is 9.95. The number of anilines is 1. The Kier molecular flexibility index (Phi) is 10.9. The van der Waals surface area contributed by atoms with Crippen molar-refractivity contribution in [3.8, 4) is 12.3 Å². The molecule has 0 N–H and O–H groups in total. The average Bonchev–Trinajstić information content (AvgIpc) is 3.46. The summed E-state index contributed by atoms with van der Waals surface area (Å²) >= 11 is -2.48. The van der Waals surface area contributed by atoms with E-state index in [9.17, 15) is 8.76 Å². The molecule has 2 aliphatic rings. The number of benzene rings is 4. The van der Waals surface area contributed by atoms with Crippen LogP contribution >= 0.6 is 0 Å². The van der Waals surface area contributed by atoms with Gasteiger partial charge in [0.15, 0.2) is 5.71 Å². The molecule has 0 aromatic heterocycles. The predicted molar refractivity (Wildman–Crippen MR) is 209 cm³/mol. The van der Waals surface area contributed by atoms with E-state index in [1.165, 1.54) is 55.5 Å². The molecule has 2 aliphatic heterocycles. The number of allylic oxidation sites excluding steroid dienone is 6. The molecule has 1 atom stereocenters. The number of unbranched alkanes of at least 4 members (excludes halogenated alkanes) is 4. The maximum absolute atomic E-state index is 10.9. The summed E-state index contributed by atoms with van der Waals surface area (Å²) < 4.78 is 29.1. The molecule has 4 aromatic carbocycles. The van der Waals surface area contributed by atoms with E-state index in [0.29, 0.717) is 6.42 Å². The van der Waals surface area contributed by atoms with Gasteiger partial charge in [-0.3, -0.25) is 0 Å². The molecule has 6 rings (SSSR count). The Morgan fingerprint density at radius 2 is 1.52 bits per heavy atom. The lowest BCUT2D eigenvalue weighted by Gasteiger charge is -2.27. The largest absolute Gasteiger partial charge is 0.750 e. The van der Waals surface area contributed by atoms with Crippen LogP contribution in [-0.4, -0.2) is 38.7 Å². The molecule has 258 valence electrons. The highest BCUT2D eigenvalue weighted by atomic mass is 32.2. The maximum atomic E-state index is 10.9. The molecule has 0 fully saturated rings. The molecule has 5 nitrogen and oxygen atoms in total. The Bertz CT molecular complexity index is 2080. The summed E-state index contributed by atoms with van der Waals surface area (Å²) in [4.78, 5) is 2.41. The van der Waals surface area contributed by atoms with Gasteiger partial charge in [-0.15, -0.1) is 12.3 Å². The SMILES string of the molecule is C#CCCCCC[N+]1=C(/C=C/C=C/C=C2\N(CCCCOS(=O)[O-])c3ccc4ccccc4c3C2(C)C)C(C)(C)c2c1ccc1ccccc21. The second-order valence-electron chi connectivity index (χ2n) is 14.3. The van der Waals surface area contributed by atoms with Crippen molar-refractivity contribution in [3.63, 3.8) is 0 Å². The van der Waals surface area contributed by atoms with Crippen LogP contribution in [0.2, 0.25) is 0 Å². The first kappa shape index (κ1) is 35.5. The number of fused-ring (bicyclic) bond motifs is 6. The van der Waals surface area contributed by atoms with Crippen LogP contribution in [0.1, 0.15) is 77.3 Å². The third-order valence-corrected chi connectivity index (χ3v) is 10.8. The van der Waals surface area contributed by atoms with E-state index in [-0.39, 0.29) is 17.4 Å². The number of terminal acetylenes is 1. The zero-order chi connectivity index (χ0) is 35.3. The van der Waals surface area contributed by atoms with E-state index in [1.807, 2.05) is 0 Å². The lowest BCUT2D eigenvalue weighted by molar-refractivity contribution is -0.438.